The largest absolute Gasteiger partial charge is 0.395 e. The lowest BCUT2D eigenvalue weighted by atomic mass is 10.1. The smallest absolute Gasteiger partial charge is 0.238 e. The van der Waals surface area contributed by atoms with Crippen molar-refractivity contribution in [3.05, 3.63) is 59.4 Å². The lowest BCUT2D eigenvalue weighted by Gasteiger charge is -2.20. The van der Waals surface area contributed by atoms with Crippen LogP contribution in [0.15, 0.2) is 42.7 Å². The first-order chi connectivity index (χ1) is 11.1. The van der Waals surface area contributed by atoms with E-state index in [1.54, 1.807) is 12.4 Å². The van der Waals surface area contributed by atoms with Gasteiger partial charge in [0.1, 0.15) is 0 Å². The van der Waals surface area contributed by atoms with Gasteiger partial charge in [-0.25, -0.2) is 0 Å². The predicted molar refractivity (Wildman–Crippen MR) is 91.1 cm³/mol. The van der Waals surface area contributed by atoms with E-state index >= 15 is 0 Å². The highest BCUT2D eigenvalue weighted by Gasteiger charge is 2.11. The van der Waals surface area contributed by atoms with Gasteiger partial charge in [-0.2, -0.15) is 0 Å². The molecule has 0 aliphatic rings. The van der Waals surface area contributed by atoms with Crippen LogP contribution in [0.2, 0.25) is 0 Å². The average Bonchev–Trinajstić information content (AvgIpc) is 2.52. The number of rotatable bonds is 7. The van der Waals surface area contributed by atoms with Crippen molar-refractivity contribution < 1.29 is 9.90 Å². The number of nitrogens with one attached hydrogen (secondary N) is 1. The number of aromatic nitrogens is 1. The average molecular weight is 313 g/mol. The summed E-state index contributed by atoms with van der Waals surface area (Å²) < 4.78 is 0. The summed E-state index contributed by atoms with van der Waals surface area (Å²) in [5, 5.41) is 12.1. The van der Waals surface area contributed by atoms with Gasteiger partial charge in [-0.05, 0) is 48.7 Å². The first kappa shape index (κ1) is 17.1. The molecule has 0 spiro atoms. The fraction of sp³-hybridized carbons (Fsp3) is 0.333. The Morgan fingerprint density at radius 2 is 2.09 bits per heavy atom. The van der Waals surface area contributed by atoms with Crippen LogP contribution in [0, 0.1) is 13.8 Å². The van der Waals surface area contributed by atoms with E-state index in [-0.39, 0.29) is 19.1 Å². The highest BCUT2D eigenvalue weighted by Crippen LogP contribution is 2.14. The van der Waals surface area contributed by atoms with Gasteiger partial charge in [0.2, 0.25) is 5.91 Å². The molecule has 2 rings (SSSR count). The van der Waals surface area contributed by atoms with Crippen LogP contribution in [0.1, 0.15) is 16.7 Å². The van der Waals surface area contributed by atoms with Crippen molar-refractivity contribution in [2.75, 3.05) is 25.0 Å². The summed E-state index contributed by atoms with van der Waals surface area (Å²) in [5.74, 6) is -0.0920. The molecule has 5 nitrogen and oxygen atoms in total. The minimum absolute atomic E-state index is 0.0111. The fourth-order valence-corrected chi connectivity index (χ4v) is 2.33. The lowest BCUT2D eigenvalue weighted by Crippen LogP contribution is -2.34. The third-order valence-electron chi connectivity index (χ3n) is 3.70. The molecule has 1 aromatic carbocycles. The number of aliphatic hydroxyl groups excluding tert-OH is 1. The van der Waals surface area contributed by atoms with Crippen LogP contribution in [0.25, 0.3) is 0 Å². The Hall–Kier alpha value is -2.24. The Morgan fingerprint density at radius 1 is 1.26 bits per heavy atom. The highest BCUT2D eigenvalue weighted by atomic mass is 16.3. The van der Waals surface area contributed by atoms with Crippen LogP contribution in [-0.2, 0) is 11.3 Å². The van der Waals surface area contributed by atoms with Crippen LogP contribution < -0.4 is 5.32 Å². The van der Waals surface area contributed by atoms with Crippen LogP contribution >= 0.6 is 0 Å². The normalized spacial score (nSPS) is 10.8. The number of hydrogen-bond acceptors (Lipinski definition) is 4. The molecule has 0 atom stereocenters. The van der Waals surface area contributed by atoms with E-state index in [2.05, 4.69) is 10.3 Å². The molecule has 5 heteroatoms. The number of amides is 1. The molecule has 23 heavy (non-hydrogen) atoms. The number of aliphatic hydroxyl groups is 1. The standard InChI is InChI=1S/C18H23N3O2/c1-14-5-6-17(10-15(14)2)20-18(23)13-21(8-9-22)12-16-4-3-7-19-11-16/h3-7,10-11,22H,8-9,12-13H2,1-2H3,(H,20,23). The third kappa shape index (κ3) is 5.47. The molecule has 1 amide bonds. The van der Waals surface area contributed by atoms with E-state index in [9.17, 15) is 9.90 Å². The van der Waals surface area contributed by atoms with Crippen molar-refractivity contribution in [2.24, 2.45) is 0 Å². The molecule has 0 bridgehead atoms. The molecule has 122 valence electrons. The van der Waals surface area contributed by atoms with Gasteiger partial charge in [-0.3, -0.25) is 14.7 Å². The predicted octanol–water partition coefficient (Wildman–Crippen LogP) is 2.13. The molecule has 0 saturated heterocycles. The van der Waals surface area contributed by atoms with Gasteiger partial charge >= 0.3 is 0 Å². The van der Waals surface area contributed by atoms with Crippen molar-refractivity contribution in [3.8, 4) is 0 Å². The Labute approximate surface area is 137 Å². The fourth-order valence-electron chi connectivity index (χ4n) is 2.33. The summed E-state index contributed by atoms with van der Waals surface area (Å²) in [4.78, 5) is 18.2. The highest BCUT2D eigenvalue weighted by molar-refractivity contribution is 5.92. The maximum atomic E-state index is 12.2. The maximum Gasteiger partial charge on any atom is 0.238 e. The van der Waals surface area contributed by atoms with Crippen LogP contribution in [0.3, 0.4) is 0 Å². The van der Waals surface area contributed by atoms with Crippen molar-refractivity contribution in [2.45, 2.75) is 20.4 Å². The first-order valence-corrected chi connectivity index (χ1v) is 7.67. The van der Waals surface area contributed by atoms with Gasteiger partial charge < -0.3 is 10.4 Å². The van der Waals surface area contributed by atoms with Crippen molar-refractivity contribution in [1.82, 2.24) is 9.88 Å². The number of anilines is 1. The quantitative estimate of drug-likeness (QED) is 0.822. The lowest BCUT2D eigenvalue weighted by molar-refractivity contribution is -0.117. The third-order valence-corrected chi connectivity index (χ3v) is 3.70. The van der Waals surface area contributed by atoms with Gasteiger partial charge in [0.05, 0.1) is 13.2 Å². The Kier molecular flexibility index (Phi) is 6.26. The van der Waals surface area contributed by atoms with Gasteiger partial charge in [0.25, 0.3) is 0 Å². The number of benzene rings is 1. The van der Waals surface area contributed by atoms with Gasteiger partial charge in [-0.1, -0.05) is 12.1 Å². The second-order valence-electron chi connectivity index (χ2n) is 5.64. The first-order valence-electron chi connectivity index (χ1n) is 7.67. The minimum atomic E-state index is -0.0920. The van der Waals surface area contributed by atoms with Crippen LogP contribution in [0.5, 0.6) is 0 Å². The molecule has 0 fully saturated rings. The molecule has 0 saturated carbocycles. The summed E-state index contributed by atoms with van der Waals surface area (Å²) in [5.41, 5.74) is 4.15. The minimum Gasteiger partial charge on any atom is -0.395 e. The summed E-state index contributed by atoms with van der Waals surface area (Å²) in [6.07, 6.45) is 3.48. The molecular weight excluding hydrogens is 290 g/mol. The van der Waals surface area contributed by atoms with E-state index < -0.39 is 0 Å². The second-order valence-corrected chi connectivity index (χ2v) is 5.64. The summed E-state index contributed by atoms with van der Waals surface area (Å²) in [6.45, 7) is 5.31. The van der Waals surface area contributed by atoms with E-state index in [1.165, 1.54) is 5.56 Å². The summed E-state index contributed by atoms with van der Waals surface area (Å²) >= 11 is 0. The second kappa shape index (κ2) is 8.41. The van der Waals surface area contributed by atoms with Crippen LogP contribution in [-0.4, -0.2) is 40.6 Å². The SMILES string of the molecule is Cc1ccc(NC(=O)CN(CCO)Cc2cccnc2)cc1C. The Balaban J connectivity index is 1.95. The molecule has 2 N–H and O–H groups in total. The number of nitrogens with zero attached hydrogens (tertiary/aromatic N) is 2. The zero-order chi connectivity index (χ0) is 16.7. The van der Waals surface area contributed by atoms with Crippen molar-refractivity contribution >= 4 is 11.6 Å². The zero-order valence-corrected chi connectivity index (χ0v) is 13.6. The van der Waals surface area contributed by atoms with Gasteiger partial charge in [0, 0.05) is 31.2 Å². The van der Waals surface area contributed by atoms with E-state index in [0.717, 1.165) is 16.8 Å². The van der Waals surface area contributed by atoms with Gasteiger partial charge in [0.15, 0.2) is 0 Å². The van der Waals surface area contributed by atoms with E-state index in [4.69, 9.17) is 0 Å². The molecule has 2 aromatic rings. The maximum absolute atomic E-state index is 12.2. The number of carbonyl (C=O) groups is 1. The summed E-state index contributed by atoms with van der Waals surface area (Å²) in [6, 6.07) is 9.68. The Bertz CT molecular complexity index is 644. The van der Waals surface area contributed by atoms with E-state index in [1.807, 2.05) is 49.1 Å². The van der Waals surface area contributed by atoms with Gasteiger partial charge in [-0.15, -0.1) is 0 Å². The number of aryl methyl sites for hydroxylation is 2. The Morgan fingerprint density at radius 3 is 2.74 bits per heavy atom. The molecule has 0 unspecified atom stereocenters. The van der Waals surface area contributed by atoms with Crippen molar-refractivity contribution in [3.63, 3.8) is 0 Å². The molecular formula is C18H23N3O2. The topological polar surface area (TPSA) is 65.5 Å². The monoisotopic (exact) mass is 313 g/mol. The molecule has 0 aliphatic heterocycles. The molecule has 0 aliphatic carbocycles. The molecule has 0 radical (unpaired) electrons. The summed E-state index contributed by atoms with van der Waals surface area (Å²) in [7, 11) is 0. The number of pyridine rings is 1. The molecule has 1 heterocycles. The van der Waals surface area contributed by atoms with E-state index in [0.29, 0.717) is 13.1 Å². The zero-order valence-electron chi connectivity index (χ0n) is 13.6. The van der Waals surface area contributed by atoms with Crippen LogP contribution in [0.4, 0.5) is 5.69 Å². The number of hydrogen-bond donors (Lipinski definition) is 2. The number of carbonyl (C=O) groups excluding carboxylic acids is 1. The molecule has 1 aromatic heterocycles. The van der Waals surface area contributed by atoms with Crippen molar-refractivity contribution in [1.29, 1.82) is 0 Å².